The minimum atomic E-state index is -0.0431. The fraction of sp³-hybridized carbons (Fsp3) is 0.556. The molecule has 1 unspecified atom stereocenters. The van der Waals surface area contributed by atoms with Crippen LogP contribution in [0.3, 0.4) is 0 Å². The minimum Gasteiger partial charge on any atom is -0.396 e. The lowest BCUT2D eigenvalue weighted by Crippen LogP contribution is -2.15. The summed E-state index contributed by atoms with van der Waals surface area (Å²) in [5.41, 5.74) is 1.57. The molecule has 1 atom stereocenters. The van der Waals surface area contributed by atoms with Crippen LogP contribution >= 0.6 is 0 Å². The van der Waals surface area contributed by atoms with E-state index in [1.165, 1.54) is 0 Å². The van der Waals surface area contributed by atoms with Crippen molar-refractivity contribution in [2.75, 3.05) is 6.61 Å². The average molecular weight is 180 g/mol. The minimum absolute atomic E-state index is 0.0431. The summed E-state index contributed by atoms with van der Waals surface area (Å²) in [7, 11) is 0. The summed E-state index contributed by atoms with van der Waals surface area (Å²) >= 11 is 0. The molecule has 0 amide bonds. The van der Waals surface area contributed by atoms with Gasteiger partial charge in [0.15, 0.2) is 0 Å². The number of H-pyrrole nitrogens is 1. The molecule has 0 radical (unpaired) electrons. The molecule has 0 bridgehead atoms. The van der Waals surface area contributed by atoms with Gasteiger partial charge in [0.1, 0.15) is 5.82 Å². The van der Waals surface area contributed by atoms with E-state index >= 15 is 0 Å². The number of rotatable bonds is 1. The smallest absolute Gasteiger partial charge is 0.254 e. The van der Waals surface area contributed by atoms with Crippen LogP contribution in [0.5, 0.6) is 0 Å². The largest absolute Gasteiger partial charge is 0.396 e. The number of aromatic amines is 1. The van der Waals surface area contributed by atoms with E-state index in [-0.39, 0.29) is 18.1 Å². The number of fused-ring (bicyclic) bond motifs is 1. The predicted octanol–water partition coefficient (Wildman–Crippen LogP) is -0.215. The summed E-state index contributed by atoms with van der Waals surface area (Å²) in [4.78, 5) is 18.3. The van der Waals surface area contributed by atoms with Gasteiger partial charge in [-0.2, -0.15) is 0 Å². The van der Waals surface area contributed by atoms with Gasteiger partial charge in [-0.05, 0) is 25.7 Å². The van der Waals surface area contributed by atoms with Crippen LogP contribution in [-0.4, -0.2) is 21.7 Å². The standard InChI is InChI=1S/C9H12N2O2/c1-5-10-8-3-6(4-12)2-7(8)9(13)11-5/h6,12H,2-4H2,1H3,(H,10,11,13). The molecule has 1 aromatic rings. The Morgan fingerprint density at radius 1 is 1.62 bits per heavy atom. The number of aryl methyl sites for hydroxylation is 1. The van der Waals surface area contributed by atoms with Crippen molar-refractivity contribution in [2.24, 2.45) is 5.92 Å². The number of aliphatic hydroxyl groups excluding tert-OH is 1. The number of hydrogen-bond donors (Lipinski definition) is 2. The summed E-state index contributed by atoms with van der Waals surface area (Å²) < 4.78 is 0. The molecule has 1 aliphatic carbocycles. The SMILES string of the molecule is Cc1nc2c(c(=O)[nH]1)CC(CO)C2. The number of nitrogens with zero attached hydrogens (tertiary/aromatic N) is 1. The van der Waals surface area contributed by atoms with Gasteiger partial charge in [-0.25, -0.2) is 4.98 Å². The van der Waals surface area contributed by atoms with Crippen LogP contribution < -0.4 is 5.56 Å². The number of aromatic nitrogens is 2. The first-order valence-electron chi connectivity index (χ1n) is 4.40. The predicted molar refractivity (Wildman–Crippen MR) is 47.6 cm³/mol. The Bertz CT molecular complexity index is 384. The molecule has 70 valence electrons. The van der Waals surface area contributed by atoms with E-state index in [0.29, 0.717) is 12.2 Å². The summed E-state index contributed by atoms with van der Waals surface area (Å²) in [6.07, 6.45) is 1.39. The molecule has 1 heterocycles. The molecular formula is C9H12N2O2. The fourth-order valence-electron chi connectivity index (χ4n) is 1.81. The molecule has 0 fully saturated rings. The van der Waals surface area contributed by atoms with Gasteiger partial charge in [0.2, 0.25) is 0 Å². The van der Waals surface area contributed by atoms with Crippen molar-refractivity contribution in [3.8, 4) is 0 Å². The van der Waals surface area contributed by atoms with Crippen LogP contribution in [0.15, 0.2) is 4.79 Å². The van der Waals surface area contributed by atoms with Gasteiger partial charge in [0.05, 0.1) is 5.69 Å². The van der Waals surface area contributed by atoms with Crippen LogP contribution in [0, 0.1) is 12.8 Å². The molecule has 2 N–H and O–H groups in total. The molecule has 2 rings (SSSR count). The molecule has 4 heteroatoms. The van der Waals surface area contributed by atoms with Gasteiger partial charge in [0.25, 0.3) is 5.56 Å². The quantitative estimate of drug-likeness (QED) is 0.628. The first-order valence-corrected chi connectivity index (χ1v) is 4.40. The van der Waals surface area contributed by atoms with E-state index in [9.17, 15) is 4.79 Å². The normalized spacial score (nSPS) is 20.3. The third-order valence-electron chi connectivity index (χ3n) is 2.45. The third kappa shape index (κ3) is 1.37. The van der Waals surface area contributed by atoms with E-state index in [1.54, 1.807) is 6.92 Å². The summed E-state index contributed by atoms with van der Waals surface area (Å²) in [6, 6.07) is 0. The van der Waals surface area contributed by atoms with Gasteiger partial charge in [-0.1, -0.05) is 0 Å². The lowest BCUT2D eigenvalue weighted by molar-refractivity contribution is 0.232. The maximum atomic E-state index is 11.4. The molecule has 1 aromatic heterocycles. The second-order valence-corrected chi connectivity index (χ2v) is 3.53. The summed E-state index contributed by atoms with van der Waals surface area (Å²) in [6.45, 7) is 1.91. The highest BCUT2D eigenvalue weighted by molar-refractivity contribution is 5.24. The second kappa shape index (κ2) is 2.96. The van der Waals surface area contributed by atoms with Crippen molar-refractivity contribution in [3.63, 3.8) is 0 Å². The van der Waals surface area contributed by atoms with Gasteiger partial charge >= 0.3 is 0 Å². The zero-order valence-electron chi connectivity index (χ0n) is 7.50. The van der Waals surface area contributed by atoms with E-state index in [0.717, 1.165) is 17.7 Å². The molecule has 13 heavy (non-hydrogen) atoms. The van der Waals surface area contributed by atoms with Crippen molar-refractivity contribution in [1.29, 1.82) is 0 Å². The van der Waals surface area contributed by atoms with Crippen LogP contribution in [0.4, 0.5) is 0 Å². The maximum Gasteiger partial charge on any atom is 0.254 e. The number of hydrogen-bond acceptors (Lipinski definition) is 3. The summed E-state index contributed by atoms with van der Waals surface area (Å²) in [5.74, 6) is 0.840. The molecule has 0 saturated carbocycles. The van der Waals surface area contributed by atoms with Crippen LogP contribution in [0.2, 0.25) is 0 Å². The Morgan fingerprint density at radius 3 is 3.08 bits per heavy atom. The fourth-order valence-corrected chi connectivity index (χ4v) is 1.81. The monoisotopic (exact) mass is 180 g/mol. The van der Waals surface area contributed by atoms with Gasteiger partial charge in [0, 0.05) is 12.2 Å². The van der Waals surface area contributed by atoms with E-state index in [1.807, 2.05) is 0 Å². The topological polar surface area (TPSA) is 66.0 Å². The highest BCUT2D eigenvalue weighted by Crippen LogP contribution is 2.21. The Labute approximate surface area is 75.6 Å². The highest BCUT2D eigenvalue weighted by atomic mass is 16.3. The van der Waals surface area contributed by atoms with Crippen molar-refractivity contribution >= 4 is 0 Å². The van der Waals surface area contributed by atoms with Crippen LogP contribution in [0.25, 0.3) is 0 Å². The van der Waals surface area contributed by atoms with Gasteiger partial charge < -0.3 is 10.1 Å². The number of nitrogens with one attached hydrogen (secondary N) is 1. The molecule has 4 nitrogen and oxygen atoms in total. The highest BCUT2D eigenvalue weighted by Gasteiger charge is 2.24. The van der Waals surface area contributed by atoms with Crippen LogP contribution in [-0.2, 0) is 12.8 Å². The molecule has 0 aliphatic heterocycles. The zero-order chi connectivity index (χ0) is 9.42. The van der Waals surface area contributed by atoms with E-state index < -0.39 is 0 Å². The maximum absolute atomic E-state index is 11.4. The molecule has 0 aromatic carbocycles. The van der Waals surface area contributed by atoms with Crippen molar-refractivity contribution < 1.29 is 5.11 Å². The molecular weight excluding hydrogens is 168 g/mol. The van der Waals surface area contributed by atoms with Crippen LogP contribution in [0.1, 0.15) is 17.1 Å². The Balaban J connectivity index is 2.46. The molecule has 0 saturated heterocycles. The van der Waals surface area contributed by atoms with E-state index in [2.05, 4.69) is 9.97 Å². The third-order valence-corrected chi connectivity index (χ3v) is 2.45. The lowest BCUT2D eigenvalue weighted by Gasteiger charge is -1.99. The Hall–Kier alpha value is -1.16. The van der Waals surface area contributed by atoms with Crippen molar-refractivity contribution in [3.05, 3.63) is 27.4 Å². The van der Waals surface area contributed by atoms with Crippen molar-refractivity contribution in [2.45, 2.75) is 19.8 Å². The first-order chi connectivity index (χ1) is 6.20. The first kappa shape index (κ1) is 8.44. The molecule has 0 spiro atoms. The Morgan fingerprint density at radius 2 is 2.38 bits per heavy atom. The zero-order valence-corrected chi connectivity index (χ0v) is 7.50. The van der Waals surface area contributed by atoms with E-state index in [4.69, 9.17) is 5.11 Å². The van der Waals surface area contributed by atoms with Gasteiger partial charge in [-0.15, -0.1) is 0 Å². The molecule has 1 aliphatic rings. The van der Waals surface area contributed by atoms with Gasteiger partial charge in [-0.3, -0.25) is 4.79 Å². The number of aliphatic hydroxyl groups is 1. The average Bonchev–Trinajstić information content (AvgIpc) is 2.47. The lowest BCUT2D eigenvalue weighted by atomic mass is 10.1. The van der Waals surface area contributed by atoms with Crippen molar-refractivity contribution in [1.82, 2.24) is 9.97 Å². The summed E-state index contributed by atoms with van der Waals surface area (Å²) in [5, 5.41) is 8.96. The second-order valence-electron chi connectivity index (χ2n) is 3.53. The Kier molecular flexibility index (Phi) is 1.92.